The number of Topliss-reactive ketones (excluding diaryl/α,β-unsaturated/α-hetero) is 1. The van der Waals surface area contributed by atoms with Crippen molar-refractivity contribution in [3.63, 3.8) is 0 Å². The number of carboxylic acid groups (broad SMARTS) is 1. The average Bonchev–Trinajstić information content (AvgIpc) is 3.59. The fourth-order valence-corrected chi connectivity index (χ4v) is 11.9. The maximum atomic E-state index is 14.7. The molecule has 5 aliphatic heterocycles. The van der Waals surface area contributed by atoms with Crippen LogP contribution in [0.4, 0.5) is 5.69 Å². The molecular weight excluding hydrogens is 844 g/mol. The predicted molar refractivity (Wildman–Crippen MR) is 247 cm³/mol. The summed E-state index contributed by atoms with van der Waals surface area (Å²) in [5, 5.41) is 40.8. The molecule has 0 unspecified atom stereocenters. The van der Waals surface area contributed by atoms with Gasteiger partial charge >= 0.3 is 5.97 Å². The second-order valence-electron chi connectivity index (χ2n) is 20.1. The molecule has 12 nitrogen and oxygen atoms in total. The normalized spacial score (nSPS) is 40.5. The van der Waals surface area contributed by atoms with Crippen LogP contribution in [0, 0.1) is 41.4 Å². The molecule has 2 spiro atoms. The SMILES string of the molecule is CC[C@@H](C(=O)[C@@H](C)[C@@H](O)[C@H](C)[C@@H]1O[C@@H]([C@@H](CC)C(=O)O)CC[C@@H]1C)[C@H]1O[C@]2(C=C[C@@H](NC(=S)Nc3ccc(Cl)cc3)[C@]3(CC[C@@](C)([C@H]4CC[C@](O)(CC)[C@H](C)O4)O3)O2)[C@H](C)C[C@@H]1C. The fraction of sp³-hybridized carbons (Fsp3) is 0.776. The van der Waals surface area contributed by atoms with Crippen molar-refractivity contribution in [2.24, 2.45) is 41.4 Å². The Morgan fingerprint density at radius 3 is 2.22 bits per heavy atom. The van der Waals surface area contributed by atoms with Gasteiger partial charge in [-0.25, -0.2) is 0 Å². The molecule has 6 rings (SSSR count). The summed E-state index contributed by atoms with van der Waals surface area (Å²) in [6.45, 7) is 19.8. The Balaban J connectivity index is 1.25. The molecule has 14 heteroatoms. The van der Waals surface area contributed by atoms with Gasteiger partial charge in [0.2, 0.25) is 0 Å². The Morgan fingerprint density at radius 1 is 0.921 bits per heavy atom. The van der Waals surface area contributed by atoms with Crippen molar-refractivity contribution in [1.82, 2.24) is 5.32 Å². The summed E-state index contributed by atoms with van der Waals surface area (Å²) in [5.74, 6) is -5.78. The van der Waals surface area contributed by atoms with E-state index in [0.29, 0.717) is 67.9 Å². The van der Waals surface area contributed by atoms with Crippen LogP contribution in [0.1, 0.15) is 133 Å². The molecule has 1 aromatic carbocycles. The standard InChI is InChI=1S/C49H75ClN2O10S/c1-11-35(44(55)56)37-19-14-27(4)42(59-37)31(8)40(53)30(7)41(54)36(12-2)43-28(5)26-29(6)48(60-43)23-20-38(52-45(63)51-34-17-15-33(50)16-18-34)49(62-48)25-24-46(10,61-49)39-21-22-47(57,13-3)32(9)58-39/h15-18,20,23,27-32,35-40,42-43,53,57H,11-14,19,21-22,24-26H2,1-10H3,(H,55,56)(H2,51,52,63)/t27-,28-,29+,30-,31-,32-,35+,36-,37+,38+,39+,40+,42+,43-,46-,47+,48-,49-/m0/s1. The number of anilines is 1. The van der Waals surface area contributed by atoms with Crippen LogP contribution in [-0.4, -0.2) is 97.6 Å². The Hall–Kier alpha value is -2.20. The zero-order chi connectivity index (χ0) is 46.2. The van der Waals surface area contributed by atoms with Crippen LogP contribution < -0.4 is 10.6 Å². The molecule has 0 aliphatic carbocycles. The maximum Gasteiger partial charge on any atom is 0.309 e. The summed E-state index contributed by atoms with van der Waals surface area (Å²) in [6, 6.07) is 6.75. The minimum atomic E-state index is -1.25. The van der Waals surface area contributed by atoms with Gasteiger partial charge in [0, 0.05) is 40.8 Å². The lowest BCUT2D eigenvalue weighted by atomic mass is 9.72. The molecule has 0 bridgehead atoms. The highest BCUT2D eigenvalue weighted by atomic mass is 35.5. The Labute approximate surface area is 385 Å². The highest BCUT2D eigenvalue weighted by Gasteiger charge is 2.63. The molecule has 5 N–H and O–H groups in total. The van der Waals surface area contributed by atoms with Crippen molar-refractivity contribution in [2.75, 3.05) is 5.32 Å². The predicted octanol–water partition coefficient (Wildman–Crippen LogP) is 8.84. The van der Waals surface area contributed by atoms with Gasteiger partial charge in [-0.2, -0.15) is 0 Å². The topological polar surface area (TPSA) is 165 Å². The summed E-state index contributed by atoms with van der Waals surface area (Å²) < 4.78 is 34.9. The lowest BCUT2D eigenvalue weighted by Crippen LogP contribution is -2.66. The molecule has 63 heavy (non-hydrogen) atoms. The first-order valence-corrected chi connectivity index (χ1v) is 24.5. The molecule has 5 aliphatic rings. The van der Waals surface area contributed by atoms with E-state index in [9.17, 15) is 24.9 Å². The zero-order valence-electron chi connectivity index (χ0n) is 39.1. The summed E-state index contributed by atoms with van der Waals surface area (Å²) >= 11 is 12.0. The first kappa shape index (κ1) is 50.2. The highest BCUT2D eigenvalue weighted by Crippen LogP contribution is 2.54. The molecule has 1 aromatic rings. The number of hydrogen-bond donors (Lipinski definition) is 5. The number of aliphatic carboxylic acids is 1. The van der Waals surface area contributed by atoms with E-state index < -0.39 is 76.8 Å². The van der Waals surface area contributed by atoms with Gasteiger partial charge in [-0.15, -0.1) is 0 Å². The first-order valence-electron chi connectivity index (χ1n) is 23.7. The van der Waals surface area contributed by atoms with Gasteiger partial charge in [-0.1, -0.05) is 73.1 Å². The van der Waals surface area contributed by atoms with Crippen LogP contribution in [0.5, 0.6) is 0 Å². The van der Waals surface area contributed by atoms with E-state index in [-0.39, 0.29) is 41.8 Å². The molecule has 0 radical (unpaired) electrons. The van der Waals surface area contributed by atoms with Gasteiger partial charge < -0.3 is 49.6 Å². The minimum Gasteiger partial charge on any atom is -0.481 e. The van der Waals surface area contributed by atoms with Gasteiger partial charge in [0.05, 0.1) is 53.7 Å². The van der Waals surface area contributed by atoms with Crippen molar-refractivity contribution in [3.8, 4) is 0 Å². The molecule has 0 amide bonds. The number of carbonyl (C=O) groups is 2. The van der Waals surface area contributed by atoms with E-state index in [1.54, 1.807) is 19.1 Å². The van der Waals surface area contributed by atoms with E-state index in [4.69, 9.17) is 47.5 Å². The van der Waals surface area contributed by atoms with Crippen molar-refractivity contribution in [3.05, 3.63) is 41.4 Å². The van der Waals surface area contributed by atoms with Crippen LogP contribution in [0.25, 0.3) is 0 Å². The second-order valence-corrected chi connectivity index (χ2v) is 20.9. The summed E-state index contributed by atoms with van der Waals surface area (Å²) in [5.41, 5.74) is -0.894. The maximum absolute atomic E-state index is 14.7. The van der Waals surface area contributed by atoms with Gasteiger partial charge in [0.1, 0.15) is 11.8 Å². The van der Waals surface area contributed by atoms with E-state index in [1.807, 2.05) is 58.9 Å². The van der Waals surface area contributed by atoms with Gasteiger partial charge in [0.15, 0.2) is 16.7 Å². The van der Waals surface area contributed by atoms with E-state index in [2.05, 4.69) is 38.3 Å². The summed E-state index contributed by atoms with van der Waals surface area (Å²) in [4.78, 5) is 26.8. The number of halogens is 1. The highest BCUT2D eigenvalue weighted by molar-refractivity contribution is 7.80. The average molecular weight is 920 g/mol. The number of benzene rings is 1. The minimum absolute atomic E-state index is 0.00472. The van der Waals surface area contributed by atoms with Gasteiger partial charge in [0.25, 0.3) is 0 Å². The Morgan fingerprint density at radius 2 is 1.60 bits per heavy atom. The van der Waals surface area contributed by atoms with Crippen molar-refractivity contribution >= 4 is 46.4 Å². The van der Waals surface area contributed by atoms with E-state index in [0.717, 1.165) is 12.1 Å². The Bertz CT molecular complexity index is 1800. The third kappa shape index (κ3) is 10.2. The summed E-state index contributed by atoms with van der Waals surface area (Å²) in [6.07, 6.45) is 6.98. The molecule has 354 valence electrons. The molecular formula is C49H75ClN2O10S. The third-order valence-corrected chi connectivity index (χ3v) is 16.3. The van der Waals surface area contributed by atoms with Crippen LogP contribution in [0.3, 0.4) is 0 Å². The molecule has 5 heterocycles. The van der Waals surface area contributed by atoms with Crippen molar-refractivity contribution < 1.29 is 48.6 Å². The molecule has 4 saturated heterocycles. The number of hydrogen-bond acceptors (Lipinski definition) is 10. The van der Waals surface area contributed by atoms with E-state index >= 15 is 0 Å². The van der Waals surface area contributed by atoms with Crippen LogP contribution >= 0.6 is 23.8 Å². The number of ketones is 1. The molecule has 0 saturated carbocycles. The number of nitrogens with one attached hydrogen (secondary N) is 2. The van der Waals surface area contributed by atoms with Crippen molar-refractivity contribution in [1.29, 1.82) is 0 Å². The first-order chi connectivity index (χ1) is 29.6. The fourth-order valence-electron chi connectivity index (χ4n) is 11.5. The van der Waals surface area contributed by atoms with E-state index in [1.165, 1.54) is 0 Å². The third-order valence-electron chi connectivity index (χ3n) is 15.9. The zero-order valence-corrected chi connectivity index (χ0v) is 40.7. The van der Waals surface area contributed by atoms with Crippen LogP contribution in [-0.2, 0) is 33.3 Å². The number of ether oxygens (including phenoxy) is 5. The number of carboxylic acids is 1. The number of rotatable bonds is 14. The van der Waals surface area contributed by atoms with Crippen LogP contribution in [0.15, 0.2) is 36.4 Å². The number of thiocarbonyl (C=S) groups is 1. The largest absolute Gasteiger partial charge is 0.481 e. The second kappa shape index (κ2) is 20.0. The monoisotopic (exact) mass is 918 g/mol. The lowest BCUT2D eigenvalue weighted by Gasteiger charge is -2.55. The number of aliphatic hydroxyl groups excluding tert-OH is 1. The molecule has 4 fully saturated rings. The lowest BCUT2D eigenvalue weighted by molar-refractivity contribution is -0.397. The van der Waals surface area contributed by atoms with Gasteiger partial charge in [-0.3, -0.25) is 9.59 Å². The van der Waals surface area contributed by atoms with Crippen molar-refractivity contribution in [2.45, 2.75) is 199 Å². The summed E-state index contributed by atoms with van der Waals surface area (Å²) in [7, 11) is 0. The van der Waals surface area contributed by atoms with Gasteiger partial charge in [-0.05, 0) is 126 Å². The molecule has 18 atom stereocenters. The number of carbonyl (C=O) groups excluding carboxylic acids is 1. The van der Waals surface area contributed by atoms with Crippen LogP contribution in [0.2, 0.25) is 5.02 Å². The Kier molecular flexibility index (Phi) is 15.9. The number of aliphatic hydroxyl groups is 2. The molecule has 0 aromatic heterocycles. The smallest absolute Gasteiger partial charge is 0.309 e. The quantitative estimate of drug-likeness (QED) is 0.0889.